The van der Waals surface area contributed by atoms with Gasteiger partial charge in [0, 0.05) is 5.56 Å². The van der Waals surface area contributed by atoms with E-state index in [4.69, 9.17) is 4.74 Å². The molecule has 0 spiro atoms. The van der Waals surface area contributed by atoms with Crippen LogP contribution in [0, 0.1) is 17.5 Å². The van der Waals surface area contributed by atoms with Gasteiger partial charge in [-0.05, 0) is 72.9 Å². The van der Waals surface area contributed by atoms with Gasteiger partial charge >= 0.3 is 12.1 Å². The second-order valence-corrected chi connectivity index (χ2v) is 7.84. The van der Waals surface area contributed by atoms with E-state index in [-0.39, 0.29) is 17.0 Å². The zero-order valence-electron chi connectivity index (χ0n) is 17.9. The van der Waals surface area contributed by atoms with Crippen LogP contribution in [0.3, 0.4) is 0 Å². The molecule has 1 aliphatic carbocycles. The van der Waals surface area contributed by atoms with Gasteiger partial charge < -0.3 is 9.84 Å². The molecule has 4 nitrogen and oxygen atoms in total. The van der Waals surface area contributed by atoms with E-state index in [0.717, 1.165) is 24.3 Å². The van der Waals surface area contributed by atoms with Crippen LogP contribution in [0.4, 0.5) is 26.3 Å². The zero-order chi connectivity index (χ0) is 25.3. The Balaban J connectivity index is 1.81. The molecule has 0 fully saturated rings. The highest BCUT2D eigenvalue weighted by Gasteiger charge is 2.32. The van der Waals surface area contributed by atoms with Crippen LogP contribution in [0.1, 0.15) is 52.1 Å². The highest BCUT2D eigenvalue weighted by Crippen LogP contribution is 2.44. The number of ether oxygens (including phenoxy) is 1. The van der Waals surface area contributed by atoms with Crippen LogP contribution in [0.2, 0.25) is 0 Å². The fourth-order valence-electron chi connectivity index (χ4n) is 3.96. The van der Waals surface area contributed by atoms with Crippen molar-refractivity contribution >= 4 is 17.1 Å². The first-order valence-electron chi connectivity index (χ1n) is 10.5. The Morgan fingerprint density at radius 1 is 0.971 bits per heavy atom. The van der Waals surface area contributed by atoms with E-state index in [2.05, 4.69) is 4.98 Å². The summed E-state index contributed by atoms with van der Waals surface area (Å²) in [6.45, 7) is -0.761. The average Bonchev–Trinajstić information content (AvgIpc) is 3.31. The summed E-state index contributed by atoms with van der Waals surface area (Å²) in [5.41, 5.74) is -0.572. The van der Waals surface area contributed by atoms with Gasteiger partial charge in [0.1, 0.15) is 23.9 Å². The summed E-state index contributed by atoms with van der Waals surface area (Å²) in [7, 11) is 0. The Hall–Kier alpha value is -3.82. The summed E-state index contributed by atoms with van der Waals surface area (Å²) in [6, 6.07) is 8.35. The number of rotatable bonds is 6. The SMILES string of the molecule is O=C(O)c1cccc(C2=C(c3cc(C(F)(F)F)ccc3OCc3c(F)ccc(F)c3F)CCC2)n1. The number of carboxylic acid groups (broad SMARTS) is 1. The van der Waals surface area contributed by atoms with Gasteiger partial charge in [0.15, 0.2) is 11.6 Å². The van der Waals surface area contributed by atoms with Crippen molar-refractivity contribution in [3.8, 4) is 5.75 Å². The molecular weight excluding hydrogens is 476 g/mol. The lowest BCUT2D eigenvalue weighted by atomic mass is 9.96. The molecule has 0 amide bonds. The van der Waals surface area contributed by atoms with Crippen molar-refractivity contribution in [2.45, 2.75) is 32.0 Å². The third kappa shape index (κ3) is 5.01. The highest BCUT2D eigenvalue weighted by atomic mass is 19.4. The number of hydrogen-bond donors (Lipinski definition) is 1. The highest BCUT2D eigenvalue weighted by molar-refractivity contribution is 5.94. The maximum Gasteiger partial charge on any atom is 0.416 e. The number of carbonyl (C=O) groups is 1. The lowest BCUT2D eigenvalue weighted by molar-refractivity contribution is -0.137. The van der Waals surface area contributed by atoms with Crippen LogP contribution in [0.5, 0.6) is 5.75 Å². The molecule has 1 N–H and O–H groups in total. The van der Waals surface area contributed by atoms with Gasteiger partial charge in [0.25, 0.3) is 0 Å². The fraction of sp³-hybridized carbons (Fsp3) is 0.200. The quantitative estimate of drug-likeness (QED) is 0.300. The number of halogens is 6. The zero-order valence-corrected chi connectivity index (χ0v) is 17.9. The summed E-state index contributed by atoms with van der Waals surface area (Å²) in [5.74, 6) is -5.15. The van der Waals surface area contributed by atoms with E-state index < -0.39 is 47.3 Å². The molecule has 0 aliphatic heterocycles. The molecule has 0 saturated carbocycles. The molecular formula is C25H17F6NO3. The standard InChI is InChI=1S/C25H17F6NO3/c26-18-8-9-19(27)23(28)17(18)12-35-22-10-7-13(25(29,30)31)11-16(22)14-3-1-4-15(14)20-5-2-6-21(32-20)24(33)34/h2,5-11H,1,3-4,12H2,(H,33,34). The molecule has 182 valence electrons. The van der Waals surface area contributed by atoms with Gasteiger partial charge in [0.05, 0.1) is 16.8 Å². The van der Waals surface area contributed by atoms with E-state index >= 15 is 0 Å². The molecule has 0 radical (unpaired) electrons. The second kappa shape index (κ2) is 9.44. The van der Waals surface area contributed by atoms with E-state index in [0.29, 0.717) is 42.2 Å². The lowest BCUT2D eigenvalue weighted by Crippen LogP contribution is -2.08. The molecule has 1 heterocycles. The van der Waals surface area contributed by atoms with Gasteiger partial charge in [0.2, 0.25) is 0 Å². The molecule has 1 aliphatic rings. The maximum absolute atomic E-state index is 14.1. The minimum atomic E-state index is -4.67. The third-order valence-electron chi connectivity index (χ3n) is 5.64. The van der Waals surface area contributed by atoms with Crippen LogP contribution < -0.4 is 4.74 Å². The van der Waals surface area contributed by atoms with Crippen LogP contribution in [-0.4, -0.2) is 16.1 Å². The molecule has 0 bridgehead atoms. The summed E-state index contributed by atoms with van der Waals surface area (Å²) in [4.78, 5) is 15.4. The van der Waals surface area contributed by atoms with Crippen molar-refractivity contribution < 1.29 is 41.0 Å². The number of allylic oxidation sites excluding steroid dienone is 2. The van der Waals surface area contributed by atoms with Crippen molar-refractivity contribution in [3.05, 3.63) is 94.1 Å². The van der Waals surface area contributed by atoms with Gasteiger partial charge in [-0.25, -0.2) is 22.9 Å². The number of hydrogen-bond acceptors (Lipinski definition) is 3. The van der Waals surface area contributed by atoms with Gasteiger partial charge in [-0.1, -0.05) is 6.07 Å². The molecule has 0 unspecified atom stereocenters. The normalized spacial score (nSPS) is 13.9. The molecule has 1 aromatic heterocycles. The van der Waals surface area contributed by atoms with Gasteiger partial charge in [-0.3, -0.25) is 0 Å². The first kappa shape index (κ1) is 24.3. The van der Waals surface area contributed by atoms with E-state index in [9.17, 15) is 36.2 Å². The summed E-state index contributed by atoms with van der Waals surface area (Å²) in [5, 5.41) is 9.24. The smallest absolute Gasteiger partial charge is 0.416 e. The minimum absolute atomic E-state index is 0.0343. The summed E-state index contributed by atoms with van der Waals surface area (Å²) in [6.07, 6.45) is -3.34. The van der Waals surface area contributed by atoms with Crippen LogP contribution >= 0.6 is 0 Å². The molecule has 3 aromatic rings. The predicted molar refractivity (Wildman–Crippen MR) is 114 cm³/mol. The van der Waals surface area contributed by atoms with Gasteiger partial charge in [-0.2, -0.15) is 13.2 Å². The Morgan fingerprint density at radius 3 is 2.40 bits per heavy atom. The Labute approximate surface area is 195 Å². The number of aromatic carboxylic acids is 1. The number of pyridine rings is 1. The van der Waals surface area contributed by atoms with Crippen molar-refractivity contribution in [2.75, 3.05) is 0 Å². The van der Waals surface area contributed by atoms with E-state index in [1.54, 1.807) is 6.07 Å². The third-order valence-corrected chi connectivity index (χ3v) is 5.64. The Bertz CT molecular complexity index is 1330. The summed E-state index contributed by atoms with van der Waals surface area (Å²) >= 11 is 0. The minimum Gasteiger partial charge on any atom is -0.488 e. The van der Waals surface area contributed by atoms with Crippen LogP contribution in [-0.2, 0) is 12.8 Å². The monoisotopic (exact) mass is 493 g/mol. The number of nitrogens with zero attached hydrogens (tertiary/aromatic N) is 1. The van der Waals surface area contributed by atoms with Crippen molar-refractivity contribution in [1.29, 1.82) is 0 Å². The van der Waals surface area contributed by atoms with Crippen molar-refractivity contribution in [1.82, 2.24) is 4.98 Å². The summed E-state index contributed by atoms with van der Waals surface area (Å²) < 4.78 is 87.6. The number of carboxylic acids is 1. The van der Waals surface area contributed by atoms with Crippen molar-refractivity contribution in [2.24, 2.45) is 0 Å². The van der Waals surface area contributed by atoms with Crippen molar-refractivity contribution in [3.63, 3.8) is 0 Å². The number of aromatic nitrogens is 1. The lowest BCUT2D eigenvalue weighted by Gasteiger charge is -2.17. The topological polar surface area (TPSA) is 59.4 Å². The van der Waals surface area contributed by atoms with E-state index in [1.165, 1.54) is 12.1 Å². The Kier molecular flexibility index (Phi) is 6.56. The first-order valence-corrected chi connectivity index (χ1v) is 10.5. The maximum atomic E-state index is 14.1. The van der Waals surface area contributed by atoms with Gasteiger partial charge in [-0.15, -0.1) is 0 Å². The molecule has 0 atom stereocenters. The van der Waals surface area contributed by atoms with Crippen LogP contribution in [0.15, 0.2) is 48.5 Å². The molecule has 2 aromatic carbocycles. The number of alkyl halides is 3. The van der Waals surface area contributed by atoms with Crippen LogP contribution in [0.25, 0.3) is 11.1 Å². The Morgan fingerprint density at radius 2 is 1.69 bits per heavy atom. The predicted octanol–water partition coefficient (Wildman–Crippen LogP) is 6.89. The average molecular weight is 493 g/mol. The molecule has 4 rings (SSSR count). The molecule has 10 heteroatoms. The first-order chi connectivity index (χ1) is 16.6. The number of benzene rings is 2. The fourth-order valence-corrected chi connectivity index (χ4v) is 3.96. The largest absolute Gasteiger partial charge is 0.488 e. The molecule has 35 heavy (non-hydrogen) atoms. The van der Waals surface area contributed by atoms with E-state index in [1.807, 2.05) is 0 Å². The molecule has 0 saturated heterocycles. The second-order valence-electron chi connectivity index (χ2n) is 7.84.